The number of aromatic nitrogens is 2. The molecule has 2 aromatic rings. The highest BCUT2D eigenvalue weighted by atomic mass is 79.9. The Morgan fingerprint density at radius 3 is 2.45 bits per heavy atom. The molecule has 1 aromatic heterocycles. The summed E-state index contributed by atoms with van der Waals surface area (Å²) in [6, 6.07) is 4.24. The maximum atomic E-state index is 15.3. The van der Waals surface area contributed by atoms with Crippen molar-refractivity contribution in [2.75, 3.05) is 19.0 Å². The lowest BCUT2D eigenvalue weighted by molar-refractivity contribution is -0.152. The fourth-order valence-electron chi connectivity index (χ4n) is 5.35. The van der Waals surface area contributed by atoms with E-state index >= 15 is 8.78 Å². The predicted octanol–water partition coefficient (Wildman–Crippen LogP) is 4.25. The van der Waals surface area contributed by atoms with Gasteiger partial charge in [-0.2, -0.15) is 8.78 Å². The smallest absolute Gasteiger partial charge is 0.408 e. The standard InChI is InChI=1S/C30H37BrF2N4O7/c1-29(2,3)24(36-28(41)44-22-12-7-11-21(22)38)26(39)37-16-17(15-20(37)27(40)42-4)43-25-23(30(32,33)13-8-14-31)34-18-9-5-6-10-19(18)35-25/h5-6,8-10,13,17,20-22,24,38H,7,11-12,14-16H2,1-4H3,(H,36,41)/b13-8+/t17-,20+,21-,22-,24-/m1/s1. The van der Waals surface area contributed by atoms with Crippen molar-refractivity contribution in [2.45, 2.75) is 82.8 Å². The maximum Gasteiger partial charge on any atom is 0.408 e. The van der Waals surface area contributed by atoms with E-state index < -0.39 is 71.3 Å². The summed E-state index contributed by atoms with van der Waals surface area (Å²) in [5, 5.41) is 12.8. The second-order valence-electron chi connectivity index (χ2n) is 11.9. The molecule has 2 amide bonds. The Morgan fingerprint density at radius 1 is 1.18 bits per heavy atom. The van der Waals surface area contributed by atoms with E-state index in [1.165, 1.54) is 18.1 Å². The normalized spacial score (nSPS) is 23.1. The minimum Gasteiger partial charge on any atom is -0.471 e. The van der Waals surface area contributed by atoms with Gasteiger partial charge in [-0.3, -0.25) is 4.79 Å². The largest absolute Gasteiger partial charge is 0.471 e. The molecule has 1 saturated heterocycles. The van der Waals surface area contributed by atoms with Crippen molar-refractivity contribution in [3.05, 3.63) is 42.1 Å². The minimum atomic E-state index is -3.54. The Balaban J connectivity index is 1.61. The van der Waals surface area contributed by atoms with Crippen molar-refractivity contribution in [1.29, 1.82) is 0 Å². The first-order valence-corrected chi connectivity index (χ1v) is 15.5. The summed E-state index contributed by atoms with van der Waals surface area (Å²) in [5.74, 6) is -5.31. The number of aliphatic hydroxyl groups is 1. The number of hydrogen-bond acceptors (Lipinski definition) is 9. The molecule has 1 aliphatic carbocycles. The molecule has 1 aromatic carbocycles. The molecular formula is C30H37BrF2N4O7. The van der Waals surface area contributed by atoms with Gasteiger partial charge in [0.05, 0.1) is 30.8 Å². The molecule has 2 heterocycles. The number of nitrogens with zero attached hydrogens (tertiary/aromatic N) is 3. The van der Waals surface area contributed by atoms with Crippen molar-refractivity contribution in [3.8, 4) is 5.88 Å². The molecule has 0 radical (unpaired) electrons. The Kier molecular flexibility index (Phi) is 10.4. The number of nitrogens with one attached hydrogen (secondary N) is 1. The van der Waals surface area contributed by atoms with Crippen molar-refractivity contribution < 1.29 is 42.5 Å². The lowest BCUT2D eigenvalue weighted by Gasteiger charge is -2.35. The van der Waals surface area contributed by atoms with E-state index in [-0.39, 0.29) is 23.8 Å². The molecule has 0 bridgehead atoms. The number of benzene rings is 1. The summed E-state index contributed by atoms with van der Waals surface area (Å²) in [4.78, 5) is 49.3. The molecule has 0 spiro atoms. The van der Waals surface area contributed by atoms with Crippen LogP contribution in [0.5, 0.6) is 5.88 Å². The zero-order valence-electron chi connectivity index (χ0n) is 25.0. The number of hydrogen-bond donors (Lipinski definition) is 2. The van der Waals surface area contributed by atoms with Crippen LogP contribution in [0.25, 0.3) is 11.0 Å². The van der Waals surface area contributed by atoms with E-state index in [2.05, 4.69) is 31.2 Å². The number of ether oxygens (including phenoxy) is 3. The molecule has 11 nitrogen and oxygen atoms in total. The minimum absolute atomic E-state index is 0.0786. The Morgan fingerprint density at radius 2 is 1.86 bits per heavy atom. The Labute approximate surface area is 262 Å². The van der Waals surface area contributed by atoms with Gasteiger partial charge in [-0.1, -0.05) is 54.9 Å². The first-order valence-electron chi connectivity index (χ1n) is 14.3. The molecule has 2 aliphatic rings. The van der Waals surface area contributed by atoms with Gasteiger partial charge < -0.3 is 29.5 Å². The lowest BCUT2D eigenvalue weighted by atomic mass is 9.85. The van der Waals surface area contributed by atoms with Gasteiger partial charge in [-0.25, -0.2) is 19.6 Å². The monoisotopic (exact) mass is 682 g/mol. The summed E-state index contributed by atoms with van der Waals surface area (Å²) >= 11 is 3.10. The van der Waals surface area contributed by atoms with Gasteiger partial charge in [0.1, 0.15) is 24.3 Å². The molecule has 0 unspecified atom stereocenters. The number of para-hydroxylation sites is 2. The number of allylic oxidation sites excluding steroid dienone is 2. The number of esters is 1. The number of aliphatic hydroxyl groups excluding tert-OH is 1. The van der Waals surface area contributed by atoms with Gasteiger partial charge in [0.2, 0.25) is 11.8 Å². The zero-order valence-corrected chi connectivity index (χ0v) is 26.6. The van der Waals surface area contributed by atoms with Crippen LogP contribution in [0.15, 0.2) is 36.4 Å². The van der Waals surface area contributed by atoms with Gasteiger partial charge in [0.25, 0.3) is 0 Å². The third kappa shape index (κ3) is 7.63. The SMILES string of the molecule is COC(=O)[C@@H]1C[C@@H](Oc2nc3ccccc3nc2C(F)(F)/C=C/CBr)CN1C(=O)[C@@H](NC(=O)O[C@@H]1CCC[C@H]1O)C(C)(C)C. The number of likely N-dealkylation sites (tertiary alicyclic amines) is 1. The number of halogens is 3. The van der Waals surface area contributed by atoms with Crippen LogP contribution in [0.3, 0.4) is 0 Å². The molecule has 1 aliphatic heterocycles. The van der Waals surface area contributed by atoms with Crippen molar-refractivity contribution in [3.63, 3.8) is 0 Å². The highest BCUT2D eigenvalue weighted by molar-refractivity contribution is 9.09. The van der Waals surface area contributed by atoms with Crippen LogP contribution >= 0.6 is 15.9 Å². The highest BCUT2D eigenvalue weighted by Gasteiger charge is 2.47. The highest BCUT2D eigenvalue weighted by Crippen LogP contribution is 2.37. The summed E-state index contributed by atoms with van der Waals surface area (Å²) in [5.41, 5.74) is -0.970. The first-order chi connectivity index (χ1) is 20.7. The third-order valence-corrected chi connectivity index (χ3v) is 7.99. The predicted molar refractivity (Wildman–Crippen MR) is 159 cm³/mol. The molecule has 44 heavy (non-hydrogen) atoms. The lowest BCUT2D eigenvalue weighted by Crippen LogP contribution is -2.57. The van der Waals surface area contributed by atoms with E-state index in [9.17, 15) is 19.5 Å². The fourth-order valence-corrected chi connectivity index (χ4v) is 5.53. The van der Waals surface area contributed by atoms with Crippen LogP contribution in [0.1, 0.15) is 52.1 Å². The summed E-state index contributed by atoms with van der Waals surface area (Å²) in [6.45, 7) is 5.02. The van der Waals surface area contributed by atoms with E-state index in [4.69, 9.17) is 14.2 Å². The van der Waals surface area contributed by atoms with Crippen LogP contribution in [-0.4, -0.2) is 87.3 Å². The van der Waals surface area contributed by atoms with Crippen molar-refractivity contribution in [1.82, 2.24) is 20.2 Å². The quantitative estimate of drug-likeness (QED) is 0.226. The topological polar surface area (TPSA) is 140 Å². The van der Waals surface area contributed by atoms with Crippen LogP contribution < -0.4 is 10.1 Å². The van der Waals surface area contributed by atoms with Gasteiger partial charge in [0, 0.05) is 11.8 Å². The number of methoxy groups -OCH3 is 1. The molecule has 14 heteroatoms. The van der Waals surface area contributed by atoms with Gasteiger partial charge >= 0.3 is 18.0 Å². The Bertz CT molecular complexity index is 1400. The number of carbonyl (C=O) groups excluding carboxylic acids is 3. The van der Waals surface area contributed by atoms with Crippen LogP contribution in [0.4, 0.5) is 13.6 Å². The molecular weight excluding hydrogens is 646 g/mol. The third-order valence-electron chi connectivity index (χ3n) is 7.62. The van der Waals surface area contributed by atoms with Crippen LogP contribution in [0, 0.1) is 5.41 Å². The number of alkyl carbamates (subject to hydrolysis) is 1. The maximum absolute atomic E-state index is 15.3. The van der Waals surface area contributed by atoms with Crippen LogP contribution in [0.2, 0.25) is 0 Å². The number of amides is 2. The number of rotatable bonds is 9. The van der Waals surface area contributed by atoms with E-state index in [0.29, 0.717) is 30.9 Å². The van der Waals surface area contributed by atoms with Crippen LogP contribution in [-0.2, 0) is 25.0 Å². The number of carbonyl (C=O) groups is 3. The number of fused-ring (bicyclic) bond motifs is 1. The second kappa shape index (κ2) is 13.7. The first kappa shape index (κ1) is 33.5. The Hall–Kier alpha value is -3.39. The average Bonchev–Trinajstić information content (AvgIpc) is 3.58. The average molecular weight is 684 g/mol. The van der Waals surface area contributed by atoms with E-state index in [0.717, 1.165) is 0 Å². The molecule has 240 valence electrons. The van der Waals surface area contributed by atoms with Crippen molar-refractivity contribution >= 4 is 44.9 Å². The molecule has 4 rings (SSSR count). The number of alkyl halides is 3. The van der Waals surface area contributed by atoms with Crippen molar-refractivity contribution in [2.24, 2.45) is 5.41 Å². The van der Waals surface area contributed by atoms with E-state index in [1.807, 2.05) is 0 Å². The molecule has 2 fully saturated rings. The molecule has 5 atom stereocenters. The summed E-state index contributed by atoms with van der Waals surface area (Å²) in [7, 11) is 1.17. The fraction of sp³-hybridized carbons (Fsp3) is 0.567. The second-order valence-corrected chi connectivity index (χ2v) is 12.6. The summed E-state index contributed by atoms with van der Waals surface area (Å²) < 4.78 is 46.9. The molecule has 1 saturated carbocycles. The zero-order chi connectivity index (χ0) is 32.2. The van der Waals surface area contributed by atoms with E-state index in [1.54, 1.807) is 45.0 Å². The van der Waals surface area contributed by atoms with Gasteiger partial charge in [-0.15, -0.1) is 0 Å². The molecule has 2 N–H and O–H groups in total. The van der Waals surface area contributed by atoms with Gasteiger partial charge in [0.15, 0.2) is 5.69 Å². The van der Waals surface area contributed by atoms with Gasteiger partial charge in [-0.05, 0) is 42.9 Å². The summed E-state index contributed by atoms with van der Waals surface area (Å²) in [6.07, 6.45) is 0.299.